The van der Waals surface area contributed by atoms with Crippen LogP contribution in [-0.4, -0.2) is 43.7 Å². The molecule has 0 spiro atoms. The monoisotopic (exact) mass is 333 g/mol. The molecule has 1 amide bonds. The molecule has 1 unspecified atom stereocenters. The summed E-state index contributed by atoms with van der Waals surface area (Å²) in [6, 6.07) is 7.36. The maximum Gasteiger partial charge on any atom is 0.258 e. The molecule has 3 rings (SSSR count). The molecule has 23 heavy (non-hydrogen) atoms. The summed E-state index contributed by atoms with van der Waals surface area (Å²) in [6.07, 6.45) is 2.72. The minimum absolute atomic E-state index is 0.000912. The average Bonchev–Trinajstić information content (AvgIpc) is 3.24. The molecule has 1 atom stereocenters. The van der Waals surface area contributed by atoms with E-state index in [1.165, 1.54) is 0 Å². The largest absolute Gasteiger partial charge is 0.497 e. The first-order chi connectivity index (χ1) is 11.2. The third kappa shape index (κ3) is 4.13. The number of nitrogens with zero attached hydrogens (tertiary/aromatic N) is 2. The highest BCUT2D eigenvalue weighted by atomic mass is 32.1. The van der Waals surface area contributed by atoms with E-state index in [4.69, 9.17) is 9.47 Å². The topological polar surface area (TPSA) is 63.7 Å². The van der Waals surface area contributed by atoms with Gasteiger partial charge in [-0.1, -0.05) is 6.07 Å². The number of rotatable bonds is 6. The summed E-state index contributed by atoms with van der Waals surface area (Å²) in [5, 5.41) is 5.98. The first-order valence-corrected chi connectivity index (χ1v) is 8.33. The molecule has 0 saturated carbocycles. The number of methoxy groups -OCH3 is 1. The summed E-state index contributed by atoms with van der Waals surface area (Å²) in [5.41, 5.74) is 0. The fourth-order valence-corrected chi connectivity index (χ4v) is 3.21. The zero-order chi connectivity index (χ0) is 16.1. The Bertz CT molecular complexity index is 648. The molecule has 0 radical (unpaired) electrons. The number of anilines is 1. The van der Waals surface area contributed by atoms with Gasteiger partial charge >= 0.3 is 0 Å². The van der Waals surface area contributed by atoms with E-state index in [1.54, 1.807) is 36.8 Å². The van der Waals surface area contributed by atoms with Gasteiger partial charge in [0.25, 0.3) is 5.91 Å². The number of ether oxygens (including phenoxy) is 2. The zero-order valence-electron chi connectivity index (χ0n) is 12.9. The molecule has 122 valence electrons. The third-order valence-electron chi connectivity index (χ3n) is 3.65. The molecule has 0 bridgehead atoms. The molecule has 1 fully saturated rings. The van der Waals surface area contributed by atoms with Gasteiger partial charge in [-0.25, -0.2) is 4.98 Å². The van der Waals surface area contributed by atoms with Crippen molar-refractivity contribution in [1.82, 2.24) is 10.3 Å². The summed E-state index contributed by atoms with van der Waals surface area (Å²) in [7, 11) is 1.60. The maximum absolute atomic E-state index is 12.0. The fourth-order valence-electron chi connectivity index (χ4n) is 2.53. The second kappa shape index (κ2) is 7.32. The SMILES string of the molecule is COc1cccc(OCC(=O)NC2CCN(c3nccs3)C2)c1. The summed E-state index contributed by atoms with van der Waals surface area (Å²) in [5.74, 6) is 1.21. The Kier molecular flexibility index (Phi) is 4.97. The van der Waals surface area contributed by atoms with Crippen molar-refractivity contribution in [1.29, 1.82) is 0 Å². The summed E-state index contributed by atoms with van der Waals surface area (Å²) in [4.78, 5) is 18.5. The van der Waals surface area contributed by atoms with Crippen LogP contribution < -0.4 is 19.7 Å². The molecule has 1 saturated heterocycles. The van der Waals surface area contributed by atoms with Gasteiger partial charge in [-0.05, 0) is 18.6 Å². The van der Waals surface area contributed by atoms with E-state index in [0.717, 1.165) is 24.6 Å². The van der Waals surface area contributed by atoms with Gasteiger partial charge in [0.1, 0.15) is 11.5 Å². The van der Waals surface area contributed by atoms with Gasteiger partial charge in [0.15, 0.2) is 11.7 Å². The van der Waals surface area contributed by atoms with Gasteiger partial charge in [-0.15, -0.1) is 11.3 Å². The second-order valence-corrected chi connectivity index (χ2v) is 6.15. The van der Waals surface area contributed by atoms with E-state index in [1.807, 2.05) is 17.5 Å². The van der Waals surface area contributed by atoms with Crippen LogP contribution in [0.15, 0.2) is 35.8 Å². The normalized spacial score (nSPS) is 17.1. The lowest BCUT2D eigenvalue weighted by molar-refractivity contribution is -0.123. The van der Waals surface area contributed by atoms with Crippen molar-refractivity contribution in [3.63, 3.8) is 0 Å². The second-order valence-electron chi connectivity index (χ2n) is 5.28. The molecule has 2 heterocycles. The Labute approximate surface area is 139 Å². The van der Waals surface area contributed by atoms with Gasteiger partial charge in [0, 0.05) is 36.8 Å². The van der Waals surface area contributed by atoms with Crippen molar-refractivity contribution >= 4 is 22.4 Å². The quantitative estimate of drug-likeness (QED) is 0.875. The average molecular weight is 333 g/mol. The van der Waals surface area contributed by atoms with Crippen LogP contribution in [0.5, 0.6) is 11.5 Å². The number of carbonyl (C=O) groups excluding carboxylic acids is 1. The van der Waals surface area contributed by atoms with Crippen LogP contribution in [0.1, 0.15) is 6.42 Å². The Morgan fingerprint density at radius 2 is 2.35 bits per heavy atom. The molecular weight excluding hydrogens is 314 g/mol. The number of amides is 1. The minimum Gasteiger partial charge on any atom is -0.497 e. The molecule has 1 aromatic heterocycles. The van der Waals surface area contributed by atoms with E-state index in [2.05, 4.69) is 15.2 Å². The maximum atomic E-state index is 12.0. The van der Waals surface area contributed by atoms with Crippen LogP contribution >= 0.6 is 11.3 Å². The third-order valence-corrected chi connectivity index (χ3v) is 4.49. The van der Waals surface area contributed by atoms with Crippen LogP contribution in [0.4, 0.5) is 5.13 Å². The number of benzene rings is 1. The summed E-state index contributed by atoms with van der Waals surface area (Å²) >= 11 is 1.62. The van der Waals surface area contributed by atoms with Crippen LogP contribution in [0.25, 0.3) is 0 Å². The molecule has 7 heteroatoms. The Morgan fingerprint density at radius 1 is 1.48 bits per heavy atom. The molecular formula is C16H19N3O3S. The van der Waals surface area contributed by atoms with Crippen LogP contribution in [-0.2, 0) is 4.79 Å². The highest BCUT2D eigenvalue weighted by Gasteiger charge is 2.25. The Hall–Kier alpha value is -2.28. The number of thiazole rings is 1. The standard InChI is InChI=1S/C16H19N3O3S/c1-21-13-3-2-4-14(9-13)22-11-15(20)18-12-5-7-19(10-12)16-17-6-8-23-16/h2-4,6,8-9,12H,5,7,10-11H2,1H3,(H,18,20). The van der Waals surface area contributed by atoms with E-state index >= 15 is 0 Å². The number of nitrogens with one attached hydrogen (secondary N) is 1. The van der Waals surface area contributed by atoms with E-state index in [-0.39, 0.29) is 18.6 Å². The molecule has 1 aromatic carbocycles. The van der Waals surface area contributed by atoms with E-state index in [0.29, 0.717) is 11.5 Å². The Morgan fingerprint density at radius 3 is 3.13 bits per heavy atom. The van der Waals surface area contributed by atoms with Gasteiger partial charge in [-0.2, -0.15) is 0 Å². The predicted octanol–water partition coefficient (Wildman–Crippen LogP) is 1.93. The van der Waals surface area contributed by atoms with Crippen LogP contribution in [0.2, 0.25) is 0 Å². The summed E-state index contributed by atoms with van der Waals surface area (Å²) in [6.45, 7) is 1.70. The first kappa shape index (κ1) is 15.6. The van der Waals surface area contributed by atoms with Gasteiger partial charge < -0.3 is 19.7 Å². The molecule has 6 nitrogen and oxygen atoms in total. The van der Waals surface area contributed by atoms with E-state index in [9.17, 15) is 4.79 Å². The number of carbonyl (C=O) groups is 1. The minimum atomic E-state index is -0.112. The van der Waals surface area contributed by atoms with Crippen molar-refractivity contribution in [2.75, 3.05) is 31.7 Å². The molecule has 1 aliphatic rings. The van der Waals surface area contributed by atoms with Gasteiger partial charge in [-0.3, -0.25) is 4.79 Å². The first-order valence-electron chi connectivity index (χ1n) is 7.45. The van der Waals surface area contributed by atoms with Crippen molar-refractivity contribution in [2.24, 2.45) is 0 Å². The smallest absolute Gasteiger partial charge is 0.258 e. The van der Waals surface area contributed by atoms with Crippen molar-refractivity contribution < 1.29 is 14.3 Å². The number of hydrogen-bond donors (Lipinski definition) is 1. The molecule has 2 aromatic rings. The number of hydrogen-bond acceptors (Lipinski definition) is 6. The molecule has 1 aliphatic heterocycles. The molecule has 0 aliphatic carbocycles. The number of aromatic nitrogens is 1. The summed E-state index contributed by atoms with van der Waals surface area (Å²) < 4.78 is 10.6. The fraction of sp³-hybridized carbons (Fsp3) is 0.375. The zero-order valence-corrected chi connectivity index (χ0v) is 13.7. The van der Waals surface area contributed by atoms with Crippen molar-refractivity contribution in [2.45, 2.75) is 12.5 Å². The highest BCUT2D eigenvalue weighted by molar-refractivity contribution is 7.13. The van der Waals surface area contributed by atoms with Crippen molar-refractivity contribution in [3.8, 4) is 11.5 Å². The van der Waals surface area contributed by atoms with Crippen molar-refractivity contribution in [3.05, 3.63) is 35.8 Å². The van der Waals surface area contributed by atoms with Gasteiger partial charge in [0.2, 0.25) is 0 Å². The van der Waals surface area contributed by atoms with E-state index < -0.39 is 0 Å². The Balaban J connectivity index is 1.44. The lowest BCUT2D eigenvalue weighted by Crippen LogP contribution is -2.39. The lowest BCUT2D eigenvalue weighted by Gasteiger charge is -2.16. The van der Waals surface area contributed by atoms with Gasteiger partial charge in [0.05, 0.1) is 7.11 Å². The highest BCUT2D eigenvalue weighted by Crippen LogP contribution is 2.22. The lowest BCUT2D eigenvalue weighted by atomic mass is 10.2. The molecule has 1 N–H and O–H groups in total. The van der Waals surface area contributed by atoms with Crippen LogP contribution in [0, 0.1) is 0 Å². The predicted molar refractivity (Wildman–Crippen MR) is 89.4 cm³/mol. The van der Waals surface area contributed by atoms with Crippen LogP contribution in [0.3, 0.4) is 0 Å².